The molecule has 0 radical (unpaired) electrons. The van der Waals surface area contributed by atoms with E-state index in [1.54, 1.807) is 0 Å². The van der Waals surface area contributed by atoms with Gasteiger partial charge in [-0.15, -0.1) is 0 Å². The van der Waals surface area contributed by atoms with Crippen LogP contribution in [-0.2, 0) is 9.53 Å². The van der Waals surface area contributed by atoms with Gasteiger partial charge >= 0.3 is 5.97 Å². The number of carboxylic acid groups (broad SMARTS) is 1. The van der Waals surface area contributed by atoms with Crippen LogP contribution in [0.2, 0.25) is 0 Å². The molecule has 1 aliphatic rings. The Bertz CT molecular complexity index is 209. The molecule has 0 aromatic rings. The Balaban J connectivity index is 2.63. The monoisotopic (exact) mass is 216 g/mol. The summed E-state index contributed by atoms with van der Waals surface area (Å²) in [5.41, 5.74) is -1.15. The number of rotatable bonds is 5. The zero-order chi connectivity index (χ0) is 11.3. The number of hydrogen-bond donors (Lipinski definition) is 2. The van der Waals surface area contributed by atoms with Gasteiger partial charge in [0.05, 0.1) is 12.5 Å². The summed E-state index contributed by atoms with van der Waals surface area (Å²) >= 11 is 0. The maximum absolute atomic E-state index is 11.1. The highest BCUT2D eigenvalue weighted by molar-refractivity contribution is 5.71. The maximum atomic E-state index is 11.1. The summed E-state index contributed by atoms with van der Waals surface area (Å²) in [7, 11) is 0. The van der Waals surface area contributed by atoms with Gasteiger partial charge in [-0.1, -0.05) is 19.8 Å². The first-order valence-electron chi connectivity index (χ1n) is 5.63. The van der Waals surface area contributed by atoms with E-state index < -0.39 is 17.5 Å². The molecule has 0 bridgehead atoms. The molecule has 2 unspecified atom stereocenters. The summed E-state index contributed by atoms with van der Waals surface area (Å²) in [6, 6.07) is 0. The lowest BCUT2D eigenvalue weighted by Gasteiger charge is -2.36. The van der Waals surface area contributed by atoms with Gasteiger partial charge in [0.25, 0.3) is 0 Å². The van der Waals surface area contributed by atoms with E-state index in [0.717, 1.165) is 19.3 Å². The van der Waals surface area contributed by atoms with Crippen molar-refractivity contribution < 1.29 is 19.7 Å². The molecule has 1 heterocycles. The first kappa shape index (κ1) is 12.5. The topological polar surface area (TPSA) is 66.8 Å². The lowest BCUT2D eigenvalue weighted by Crippen LogP contribution is -2.48. The summed E-state index contributed by atoms with van der Waals surface area (Å²) in [6.07, 6.45) is 3.59. The standard InChI is InChI=1S/C11H20O4/c1-2-3-5-9(10(12)13)11(14)6-4-7-15-8-11/h9,14H,2-8H2,1H3,(H,12,13). The molecule has 1 saturated heterocycles. The van der Waals surface area contributed by atoms with E-state index in [9.17, 15) is 9.90 Å². The number of ether oxygens (including phenoxy) is 1. The number of carbonyl (C=O) groups is 1. The second-order valence-electron chi connectivity index (χ2n) is 4.29. The van der Waals surface area contributed by atoms with Gasteiger partial charge in [0, 0.05) is 6.61 Å². The van der Waals surface area contributed by atoms with Crippen LogP contribution in [0.5, 0.6) is 0 Å². The number of aliphatic carboxylic acids is 1. The molecule has 1 rings (SSSR count). The van der Waals surface area contributed by atoms with Crippen molar-refractivity contribution in [1.29, 1.82) is 0 Å². The predicted molar refractivity (Wildman–Crippen MR) is 55.7 cm³/mol. The lowest BCUT2D eigenvalue weighted by molar-refractivity contribution is -0.166. The van der Waals surface area contributed by atoms with E-state index >= 15 is 0 Å². The Morgan fingerprint density at radius 1 is 1.60 bits per heavy atom. The third-order valence-corrected chi connectivity index (χ3v) is 3.04. The number of unbranched alkanes of at least 4 members (excludes halogenated alkanes) is 1. The average molecular weight is 216 g/mol. The van der Waals surface area contributed by atoms with Crippen molar-refractivity contribution in [3.8, 4) is 0 Å². The van der Waals surface area contributed by atoms with Crippen LogP contribution in [0.3, 0.4) is 0 Å². The maximum Gasteiger partial charge on any atom is 0.309 e. The summed E-state index contributed by atoms with van der Waals surface area (Å²) in [5.74, 6) is -1.59. The molecule has 0 amide bonds. The van der Waals surface area contributed by atoms with Crippen molar-refractivity contribution in [1.82, 2.24) is 0 Å². The third-order valence-electron chi connectivity index (χ3n) is 3.04. The Hall–Kier alpha value is -0.610. The minimum Gasteiger partial charge on any atom is -0.481 e. The molecular weight excluding hydrogens is 196 g/mol. The van der Waals surface area contributed by atoms with E-state index in [-0.39, 0.29) is 6.61 Å². The molecule has 1 aliphatic heterocycles. The molecule has 4 heteroatoms. The van der Waals surface area contributed by atoms with Crippen LogP contribution in [0.4, 0.5) is 0 Å². The van der Waals surface area contributed by atoms with Crippen LogP contribution >= 0.6 is 0 Å². The zero-order valence-electron chi connectivity index (χ0n) is 9.24. The molecule has 0 aromatic carbocycles. The van der Waals surface area contributed by atoms with Gasteiger partial charge < -0.3 is 14.9 Å². The van der Waals surface area contributed by atoms with Crippen LogP contribution in [-0.4, -0.2) is 35.0 Å². The molecule has 0 spiro atoms. The normalized spacial score (nSPS) is 28.7. The van der Waals surface area contributed by atoms with Crippen molar-refractivity contribution in [3.63, 3.8) is 0 Å². The Kier molecular flexibility index (Phi) is 4.54. The Morgan fingerprint density at radius 2 is 2.33 bits per heavy atom. The van der Waals surface area contributed by atoms with E-state index in [2.05, 4.69) is 0 Å². The van der Waals surface area contributed by atoms with Crippen molar-refractivity contribution in [2.75, 3.05) is 13.2 Å². The quantitative estimate of drug-likeness (QED) is 0.729. The molecule has 4 nitrogen and oxygen atoms in total. The Labute approximate surface area is 90.2 Å². The number of carboxylic acids is 1. The zero-order valence-corrected chi connectivity index (χ0v) is 9.24. The van der Waals surface area contributed by atoms with Gasteiger partial charge in [0.15, 0.2) is 0 Å². The van der Waals surface area contributed by atoms with Crippen LogP contribution in [0.1, 0.15) is 39.0 Å². The largest absolute Gasteiger partial charge is 0.481 e. The molecule has 1 fully saturated rings. The molecular formula is C11H20O4. The smallest absolute Gasteiger partial charge is 0.309 e. The fraction of sp³-hybridized carbons (Fsp3) is 0.909. The van der Waals surface area contributed by atoms with E-state index in [4.69, 9.17) is 9.84 Å². The minimum absolute atomic E-state index is 0.160. The number of aliphatic hydroxyl groups is 1. The second kappa shape index (κ2) is 5.47. The van der Waals surface area contributed by atoms with Gasteiger partial charge in [-0.25, -0.2) is 0 Å². The van der Waals surface area contributed by atoms with Gasteiger partial charge in [-0.2, -0.15) is 0 Å². The van der Waals surface area contributed by atoms with Crippen molar-refractivity contribution >= 4 is 5.97 Å². The van der Waals surface area contributed by atoms with Crippen LogP contribution in [0.15, 0.2) is 0 Å². The fourth-order valence-corrected chi connectivity index (χ4v) is 2.11. The van der Waals surface area contributed by atoms with E-state index in [1.165, 1.54) is 0 Å². The molecule has 2 atom stereocenters. The predicted octanol–water partition coefficient (Wildman–Crippen LogP) is 1.42. The molecule has 15 heavy (non-hydrogen) atoms. The molecule has 0 aromatic heterocycles. The van der Waals surface area contributed by atoms with Gasteiger partial charge in [0.2, 0.25) is 0 Å². The van der Waals surface area contributed by atoms with E-state index in [1.807, 2.05) is 6.92 Å². The van der Waals surface area contributed by atoms with Crippen LogP contribution in [0, 0.1) is 5.92 Å². The SMILES string of the molecule is CCCCC(C(=O)O)C1(O)CCCOC1. The van der Waals surface area contributed by atoms with E-state index in [0.29, 0.717) is 19.4 Å². The number of hydrogen-bond acceptors (Lipinski definition) is 3. The summed E-state index contributed by atoms with van der Waals surface area (Å²) in [4.78, 5) is 11.1. The van der Waals surface area contributed by atoms with Crippen molar-refractivity contribution in [2.45, 2.75) is 44.6 Å². The summed E-state index contributed by atoms with van der Waals surface area (Å²) in [6.45, 7) is 2.80. The molecule has 88 valence electrons. The molecule has 2 N–H and O–H groups in total. The second-order valence-corrected chi connectivity index (χ2v) is 4.29. The third kappa shape index (κ3) is 3.18. The highest BCUT2D eigenvalue weighted by Crippen LogP contribution is 2.31. The summed E-state index contributed by atoms with van der Waals surface area (Å²) < 4.78 is 5.18. The van der Waals surface area contributed by atoms with Crippen molar-refractivity contribution in [3.05, 3.63) is 0 Å². The molecule has 0 aliphatic carbocycles. The first-order valence-corrected chi connectivity index (χ1v) is 5.63. The highest BCUT2D eigenvalue weighted by Gasteiger charge is 2.42. The van der Waals surface area contributed by atoms with Gasteiger partial charge in [-0.05, 0) is 19.3 Å². The van der Waals surface area contributed by atoms with Gasteiger partial charge in [-0.3, -0.25) is 4.79 Å². The van der Waals surface area contributed by atoms with Gasteiger partial charge in [0.1, 0.15) is 5.60 Å². The minimum atomic E-state index is -1.15. The Morgan fingerprint density at radius 3 is 2.80 bits per heavy atom. The molecule has 0 saturated carbocycles. The fourth-order valence-electron chi connectivity index (χ4n) is 2.11. The van der Waals surface area contributed by atoms with Crippen molar-refractivity contribution in [2.24, 2.45) is 5.92 Å². The first-order chi connectivity index (χ1) is 7.10. The van der Waals surface area contributed by atoms with Crippen LogP contribution < -0.4 is 0 Å². The lowest BCUT2D eigenvalue weighted by atomic mass is 9.80. The highest BCUT2D eigenvalue weighted by atomic mass is 16.5. The average Bonchev–Trinajstić information content (AvgIpc) is 2.18. The van der Waals surface area contributed by atoms with Crippen LogP contribution in [0.25, 0.3) is 0 Å². The summed E-state index contributed by atoms with van der Waals surface area (Å²) in [5, 5.41) is 19.3.